The molecule has 1 aromatic carbocycles. The molecule has 0 radical (unpaired) electrons. The summed E-state index contributed by atoms with van der Waals surface area (Å²) in [6.45, 7) is 5.32. The van der Waals surface area contributed by atoms with Crippen molar-refractivity contribution in [3.8, 4) is 0 Å². The van der Waals surface area contributed by atoms with E-state index in [1.807, 2.05) is 23.1 Å². The van der Waals surface area contributed by atoms with Gasteiger partial charge in [-0.1, -0.05) is 18.2 Å². The van der Waals surface area contributed by atoms with Gasteiger partial charge in [-0.25, -0.2) is 4.68 Å². The van der Waals surface area contributed by atoms with E-state index in [4.69, 9.17) is 4.74 Å². The molecule has 3 aromatic rings. The Labute approximate surface area is 181 Å². The Kier molecular flexibility index (Phi) is 6.69. The van der Waals surface area contributed by atoms with E-state index in [-0.39, 0.29) is 11.5 Å². The predicted octanol–water partition coefficient (Wildman–Crippen LogP) is 1.69. The summed E-state index contributed by atoms with van der Waals surface area (Å²) >= 11 is 0. The van der Waals surface area contributed by atoms with Gasteiger partial charge < -0.3 is 9.64 Å². The molecule has 31 heavy (non-hydrogen) atoms. The summed E-state index contributed by atoms with van der Waals surface area (Å²) < 4.78 is 6.66. The van der Waals surface area contributed by atoms with Crippen molar-refractivity contribution in [3.63, 3.8) is 0 Å². The maximum absolute atomic E-state index is 13.6. The second-order valence-electron chi connectivity index (χ2n) is 7.71. The van der Waals surface area contributed by atoms with Gasteiger partial charge >= 0.3 is 0 Å². The third-order valence-corrected chi connectivity index (χ3v) is 5.58. The van der Waals surface area contributed by atoms with E-state index >= 15 is 0 Å². The molecule has 8 nitrogen and oxygen atoms in total. The van der Waals surface area contributed by atoms with Crippen LogP contribution in [-0.4, -0.2) is 69.9 Å². The molecule has 1 aliphatic heterocycles. The molecule has 4 rings (SSSR count). The van der Waals surface area contributed by atoms with Crippen molar-refractivity contribution in [1.82, 2.24) is 24.6 Å². The molecular formula is C23H27N5O3. The molecule has 0 aliphatic carbocycles. The van der Waals surface area contributed by atoms with Gasteiger partial charge in [0.2, 0.25) is 0 Å². The zero-order valence-corrected chi connectivity index (χ0v) is 17.7. The first-order valence-corrected chi connectivity index (χ1v) is 10.6. The number of nitrogens with zero attached hydrogens (tertiary/aromatic N) is 5. The van der Waals surface area contributed by atoms with E-state index in [9.17, 15) is 9.59 Å². The van der Waals surface area contributed by atoms with Crippen LogP contribution in [0.5, 0.6) is 0 Å². The van der Waals surface area contributed by atoms with Crippen LogP contribution in [0.4, 0.5) is 0 Å². The highest BCUT2D eigenvalue weighted by Gasteiger charge is 2.22. The van der Waals surface area contributed by atoms with Gasteiger partial charge in [0.25, 0.3) is 11.5 Å². The molecule has 8 heteroatoms. The van der Waals surface area contributed by atoms with E-state index in [0.29, 0.717) is 29.6 Å². The fourth-order valence-corrected chi connectivity index (χ4v) is 3.88. The number of pyridine rings is 1. The van der Waals surface area contributed by atoms with Crippen molar-refractivity contribution in [1.29, 1.82) is 0 Å². The average Bonchev–Trinajstić information content (AvgIpc) is 2.82. The first-order valence-electron chi connectivity index (χ1n) is 10.6. The smallest absolute Gasteiger partial charge is 0.275 e. The molecule has 0 saturated carbocycles. The van der Waals surface area contributed by atoms with Crippen LogP contribution < -0.4 is 5.56 Å². The number of aromatic nitrogens is 3. The highest BCUT2D eigenvalue weighted by Crippen LogP contribution is 2.17. The number of fused-ring (bicyclic) bond motifs is 1. The van der Waals surface area contributed by atoms with Crippen molar-refractivity contribution in [3.05, 3.63) is 70.4 Å². The highest BCUT2D eigenvalue weighted by molar-refractivity contribution is 6.04. The monoisotopic (exact) mass is 421 g/mol. The van der Waals surface area contributed by atoms with Crippen LogP contribution in [0.1, 0.15) is 22.5 Å². The van der Waals surface area contributed by atoms with Gasteiger partial charge in [-0.05, 0) is 30.2 Å². The quantitative estimate of drug-likeness (QED) is 0.578. The third kappa shape index (κ3) is 4.98. The molecule has 162 valence electrons. The number of rotatable bonds is 7. The van der Waals surface area contributed by atoms with Crippen molar-refractivity contribution in [2.45, 2.75) is 13.0 Å². The van der Waals surface area contributed by atoms with Gasteiger partial charge in [0.05, 0.1) is 18.6 Å². The standard InChI is InChI=1S/C23H27N5O3/c1-26-22(29)20-6-3-2-5-19(20)21(25-26)23(30)28(17-18-7-9-24-10-8-18)12-4-11-27-13-15-31-16-14-27/h2-3,5-10H,4,11-17H2,1H3. The van der Waals surface area contributed by atoms with Gasteiger partial charge in [-0.3, -0.25) is 19.5 Å². The number of morpholine rings is 1. The van der Waals surface area contributed by atoms with Gasteiger partial charge in [0.1, 0.15) is 0 Å². The Morgan fingerprint density at radius 3 is 2.55 bits per heavy atom. The summed E-state index contributed by atoms with van der Waals surface area (Å²) in [6.07, 6.45) is 4.30. The minimum atomic E-state index is -0.208. The molecule has 0 atom stereocenters. The minimum absolute atomic E-state index is 0.175. The Morgan fingerprint density at radius 1 is 1.10 bits per heavy atom. The lowest BCUT2D eigenvalue weighted by molar-refractivity contribution is 0.0355. The van der Waals surface area contributed by atoms with Crippen LogP contribution in [-0.2, 0) is 18.3 Å². The van der Waals surface area contributed by atoms with Crippen LogP contribution in [0.15, 0.2) is 53.6 Å². The zero-order valence-electron chi connectivity index (χ0n) is 17.7. The molecule has 1 aliphatic rings. The zero-order chi connectivity index (χ0) is 21.6. The van der Waals surface area contributed by atoms with Gasteiger partial charge in [-0.2, -0.15) is 5.10 Å². The molecule has 3 heterocycles. The van der Waals surface area contributed by atoms with Crippen molar-refractivity contribution in [2.24, 2.45) is 7.05 Å². The van der Waals surface area contributed by atoms with Crippen LogP contribution in [0.3, 0.4) is 0 Å². The summed E-state index contributed by atoms with van der Waals surface area (Å²) in [5.74, 6) is -0.175. The SMILES string of the molecule is Cn1nc(C(=O)N(CCCN2CCOCC2)Cc2ccncc2)c2ccccc2c1=O. The summed E-state index contributed by atoms with van der Waals surface area (Å²) in [6, 6.07) is 11.0. The summed E-state index contributed by atoms with van der Waals surface area (Å²) in [7, 11) is 1.58. The molecule has 0 N–H and O–H groups in total. The largest absolute Gasteiger partial charge is 0.379 e. The van der Waals surface area contributed by atoms with E-state index in [1.165, 1.54) is 4.68 Å². The Morgan fingerprint density at radius 2 is 1.81 bits per heavy atom. The fraction of sp³-hybridized carbons (Fsp3) is 0.391. The van der Waals surface area contributed by atoms with Crippen molar-refractivity contribution < 1.29 is 9.53 Å². The first kappa shape index (κ1) is 21.1. The maximum Gasteiger partial charge on any atom is 0.275 e. The molecule has 1 fully saturated rings. The van der Waals surface area contributed by atoms with Gasteiger partial charge in [0.15, 0.2) is 5.69 Å². The van der Waals surface area contributed by atoms with Crippen LogP contribution >= 0.6 is 0 Å². The number of ether oxygens (including phenoxy) is 1. The Hall–Kier alpha value is -3.10. The first-order chi connectivity index (χ1) is 15.1. The van der Waals surface area contributed by atoms with E-state index < -0.39 is 0 Å². The molecule has 2 aromatic heterocycles. The lowest BCUT2D eigenvalue weighted by atomic mass is 10.1. The molecule has 0 bridgehead atoms. The van der Waals surface area contributed by atoms with E-state index in [0.717, 1.165) is 44.8 Å². The lowest BCUT2D eigenvalue weighted by Gasteiger charge is -2.28. The van der Waals surface area contributed by atoms with Gasteiger partial charge in [-0.15, -0.1) is 0 Å². The lowest BCUT2D eigenvalue weighted by Crippen LogP contribution is -2.39. The van der Waals surface area contributed by atoms with Gasteiger partial charge in [0, 0.05) is 57.6 Å². The predicted molar refractivity (Wildman–Crippen MR) is 118 cm³/mol. The van der Waals surface area contributed by atoms with Crippen LogP contribution in [0.2, 0.25) is 0 Å². The number of carbonyl (C=O) groups excluding carboxylic acids is 1. The number of benzene rings is 1. The molecule has 0 unspecified atom stereocenters. The van der Waals surface area contributed by atoms with Crippen LogP contribution in [0.25, 0.3) is 10.8 Å². The van der Waals surface area contributed by atoms with E-state index in [2.05, 4.69) is 15.0 Å². The number of hydrogen-bond acceptors (Lipinski definition) is 6. The van der Waals surface area contributed by atoms with E-state index in [1.54, 1.807) is 37.6 Å². The molecule has 0 spiro atoms. The van der Waals surface area contributed by atoms with Crippen molar-refractivity contribution >= 4 is 16.7 Å². The molecule has 1 amide bonds. The minimum Gasteiger partial charge on any atom is -0.379 e. The summed E-state index contributed by atoms with van der Waals surface area (Å²) in [5.41, 5.74) is 1.10. The topological polar surface area (TPSA) is 80.6 Å². The second kappa shape index (κ2) is 9.80. The highest BCUT2D eigenvalue weighted by atomic mass is 16.5. The fourth-order valence-electron chi connectivity index (χ4n) is 3.88. The Bertz CT molecular complexity index is 1090. The third-order valence-electron chi connectivity index (χ3n) is 5.58. The maximum atomic E-state index is 13.6. The number of hydrogen-bond donors (Lipinski definition) is 0. The summed E-state index contributed by atoms with van der Waals surface area (Å²) in [5, 5.41) is 5.42. The van der Waals surface area contributed by atoms with Crippen molar-refractivity contribution in [2.75, 3.05) is 39.4 Å². The summed E-state index contributed by atoms with van der Waals surface area (Å²) in [4.78, 5) is 34.3. The number of aryl methyl sites for hydroxylation is 1. The molecular weight excluding hydrogens is 394 g/mol. The normalized spacial score (nSPS) is 14.6. The molecule has 1 saturated heterocycles. The second-order valence-corrected chi connectivity index (χ2v) is 7.71. The number of carbonyl (C=O) groups is 1. The number of amides is 1. The Balaban J connectivity index is 1.59. The van der Waals surface area contributed by atoms with Crippen LogP contribution in [0, 0.1) is 0 Å². The average molecular weight is 422 g/mol.